The third kappa shape index (κ3) is 6.06. The molecule has 0 aliphatic carbocycles. The molecule has 0 atom stereocenters. The van der Waals surface area contributed by atoms with E-state index >= 15 is 0 Å². The number of carbonyl (C=O) groups excluding carboxylic acids is 1. The molecule has 2 N–H and O–H groups in total. The number of methoxy groups -OCH3 is 1. The average molecular weight is 495 g/mol. The van der Waals surface area contributed by atoms with Crippen LogP contribution in [0.25, 0.3) is 0 Å². The Bertz CT molecular complexity index is 1230. The fraction of sp³-hybridized carbons (Fsp3) is 0.136. The van der Waals surface area contributed by atoms with Gasteiger partial charge in [0.2, 0.25) is 0 Å². The number of rotatable bonds is 8. The summed E-state index contributed by atoms with van der Waals surface area (Å²) in [6.45, 7) is 1.43. The number of anilines is 2. The molecule has 0 saturated heterocycles. The highest BCUT2D eigenvalue weighted by Gasteiger charge is 2.16. The van der Waals surface area contributed by atoms with E-state index < -0.39 is 15.9 Å². The lowest BCUT2D eigenvalue weighted by Gasteiger charge is -2.13. The third-order valence-corrected chi connectivity index (χ3v) is 6.48. The van der Waals surface area contributed by atoms with Crippen molar-refractivity contribution in [1.82, 2.24) is 0 Å². The highest BCUT2D eigenvalue weighted by atomic mass is 35.5. The number of aryl methyl sites for hydroxylation is 1. The highest BCUT2D eigenvalue weighted by Crippen LogP contribution is 2.26. The van der Waals surface area contributed by atoms with Crippen molar-refractivity contribution in [2.24, 2.45) is 0 Å². The summed E-state index contributed by atoms with van der Waals surface area (Å²) in [6, 6.07) is 15.6. The van der Waals surface area contributed by atoms with Crippen molar-refractivity contribution in [2.75, 3.05) is 23.8 Å². The number of ether oxygens (including phenoxy) is 2. The van der Waals surface area contributed by atoms with Crippen molar-refractivity contribution in [3.05, 3.63) is 76.3 Å². The molecule has 32 heavy (non-hydrogen) atoms. The topological polar surface area (TPSA) is 93.7 Å². The summed E-state index contributed by atoms with van der Waals surface area (Å²) < 4.78 is 38.5. The number of hydrogen-bond donors (Lipinski definition) is 2. The Morgan fingerprint density at radius 2 is 1.62 bits per heavy atom. The van der Waals surface area contributed by atoms with E-state index in [2.05, 4.69) is 10.0 Å². The quantitative estimate of drug-likeness (QED) is 0.452. The van der Waals surface area contributed by atoms with Crippen LogP contribution in [0.5, 0.6) is 11.5 Å². The summed E-state index contributed by atoms with van der Waals surface area (Å²) >= 11 is 11.8. The maximum Gasteiger partial charge on any atom is 0.262 e. The van der Waals surface area contributed by atoms with Gasteiger partial charge >= 0.3 is 0 Å². The summed E-state index contributed by atoms with van der Waals surface area (Å²) in [4.78, 5) is 12.2. The predicted molar refractivity (Wildman–Crippen MR) is 126 cm³/mol. The van der Waals surface area contributed by atoms with Crippen molar-refractivity contribution >= 4 is 50.5 Å². The lowest BCUT2D eigenvalue weighted by molar-refractivity contribution is -0.118. The van der Waals surface area contributed by atoms with Crippen LogP contribution in [0.4, 0.5) is 11.4 Å². The van der Waals surface area contributed by atoms with Crippen LogP contribution in [0.1, 0.15) is 5.56 Å². The van der Waals surface area contributed by atoms with Crippen molar-refractivity contribution in [1.29, 1.82) is 0 Å². The normalized spacial score (nSPS) is 11.0. The molecule has 0 aromatic heterocycles. The fourth-order valence-corrected chi connectivity index (χ4v) is 4.18. The average Bonchev–Trinajstić information content (AvgIpc) is 2.75. The Kier molecular flexibility index (Phi) is 7.50. The third-order valence-electron chi connectivity index (χ3n) is 4.36. The molecule has 0 spiro atoms. The zero-order valence-electron chi connectivity index (χ0n) is 17.2. The van der Waals surface area contributed by atoms with Crippen LogP contribution >= 0.6 is 23.2 Å². The van der Waals surface area contributed by atoms with E-state index in [0.29, 0.717) is 38.5 Å². The second kappa shape index (κ2) is 10.1. The number of halogens is 2. The second-order valence-electron chi connectivity index (χ2n) is 6.73. The van der Waals surface area contributed by atoms with Crippen molar-refractivity contribution in [3.8, 4) is 11.5 Å². The minimum absolute atomic E-state index is 0.0680. The first-order valence-corrected chi connectivity index (χ1v) is 11.6. The van der Waals surface area contributed by atoms with E-state index in [9.17, 15) is 13.2 Å². The molecule has 3 rings (SSSR count). The number of amides is 1. The Morgan fingerprint density at radius 1 is 0.938 bits per heavy atom. The molecular weight excluding hydrogens is 475 g/mol. The van der Waals surface area contributed by atoms with E-state index in [1.165, 1.54) is 31.4 Å². The largest absolute Gasteiger partial charge is 0.497 e. The zero-order valence-corrected chi connectivity index (χ0v) is 19.5. The Hall–Kier alpha value is -2.94. The van der Waals surface area contributed by atoms with Crippen LogP contribution in [0, 0.1) is 6.92 Å². The first-order valence-electron chi connectivity index (χ1n) is 9.33. The minimum atomic E-state index is -3.80. The molecule has 0 radical (unpaired) electrons. The molecule has 0 bridgehead atoms. The molecular formula is C22H20Cl2N2O5S. The molecule has 168 valence electrons. The van der Waals surface area contributed by atoms with E-state index in [1.54, 1.807) is 43.3 Å². The summed E-state index contributed by atoms with van der Waals surface area (Å²) in [5, 5.41) is 3.35. The zero-order chi connectivity index (χ0) is 23.3. The molecule has 10 heteroatoms. The summed E-state index contributed by atoms with van der Waals surface area (Å²) in [5.41, 5.74) is 1.45. The smallest absolute Gasteiger partial charge is 0.262 e. The van der Waals surface area contributed by atoms with Crippen LogP contribution in [-0.4, -0.2) is 28.0 Å². The van der Waals surface area contributed by atoms with Crippen LogP contribution in [-0.2, 0) is 14.8 Å². The summed E-state index contributed by atoms with van der Waals surface area (Å²) in [5.74, 6) is 0.604. The van der Waals surface area contributed by atoms with Crippen molar-refractivity contribution in [3.63, 3.8) is 0 Å². The maximum absolute atomic E-state index is 12.7. The van der Waals surface area contributed by atoms with Crippen LogP contribution in [0.3, 0.4) is 0 Å². The minimum Gasteiger partial charge on any atom is -0.497 e. The van der Waals surface area contributed by atoms with E-state index in [4.69, 9.17) is 32.7 Å². The van der Waals surface area contributed by atoms with Crippen LogP contribution in [0.15, 0.2) is 65.6 Å². The van der Waals surface area contributed by atoms with Crippen molar-refractivity contribution in [2.45, 2.75) is 11.8 Å². The Balaban J connectivity index is 1.63. The Labute approximate surface area is 196 Å². The Morgan fingerprint density at radius 3 is 2.25 bits per heavy atom. The van der Waals surface area contributed by atoms with Gasteiger partial charge in [-0.1, -0.05) is 23.2 Å². The predicted octanol–water partition coefficient (Wildman–Crippen LogP) is 5.13. The van der Waals surface area contributed by atoms with E-state index in [0.717, 1.165) is 0 Å². The van der Waals surface area contributed by atoms with Crippen LogP contribution < -0.4 is 19.5 Å². The molecule has 7 nitrogen and oxygen atoms in total. The molecule has 0 fully saturated rings. The number of benzene rings is 3. The number of nitrogens with one attached hydrogen (secondary N) is 2. The number of hydrogen-bond acceptors (Lipinski definition) is 5. The fourth-order valence-electron chi connectivity index (χ4n) is 2.74. The maximum atomic E-state index is 12.7. The standard InChI is InChI=1S/C22H20Cl2N2O5S/c1-14-11-18(32(28,29)26-15-3-6-17(30-2)7-4-15)8-10-21(14)31-13-22(27)25-16-5-9-19(23)20(24)12-16/h3-12,26H,13H2,1-2H3,(H,25,27). The molecule has 0 heterocycles. The second-order valence-corrected chi connectivity index (χ2v) is 9.22. The molecule has 3 aromatic carbocycles. The summed E-state index contributed by atoms with van der Waals surface area (Å²) in [6.07, 6.45) is 0. The van der Waals surface area contributed by atoms with Gasteiger partial charge in [0.1, 0.15) is 11.5 Å². The number of carbonyl (C=O) groups is 1. The van der Waals surface area contributed by atoms with Gasteiger partial charge < -0.3 is 14.8 Å². The van der Waals surface area contributed by atoms with Crippen LogP contribution in [0.2, 0.25) is 10.0 Å². The molecule has 1 amide bonds. The van der Waals surface area contributed by atoms with Gasteiger partial charge in [-0.05, 0) is 73.2 Å². The van der Waals surface area contributed by atoms with Gasteiger partial charge in [-0.25, -0.2) is 8.42 Å². The van der Waals surface area contributed by atoms with Crippen molar-refractivity contribution < 1.29 is 22.7 Å². The van der Waals surface area contributed by atoms with Gasteiger partial charge in [0.15, 0.2) is 6.61 Å². The first kappa shape index (κ1) is 23.7. The molecule has 0 aliphatic heterocycles. The van der Waals surface area contributed by atoms with E-state index in [-0.39, 0.29) is 11.5 Å². The van der Waals surface area contributed by atoms with Gasteiger partial charge in [-0.2, -0.15) is 0 Å². The lowest BCUT2D eigenvalue weighted by Crippen LogP contribution is -2.20. The number of sulfonamides is 1. The lowest BCUT2D eigenvalue weighted by atomic mass is 10.2. The monoisotopic (exact) mass is 494 g/mol. The van der Waals surface area contributed by atoms with E-state index in [1.807, 2.05) is 0 Å². The van der Waals surface area contributed by atoms with Gasteiger partial charge in [0, 0.05) is 11.4 Å². The molecule has 3 aromatic rings. The molecule has 0 aliphatic rings. The summed E-state index contributed by atoms with van der Waals surface area (Å²) in [7, 11) is -2.27. The van der Waals surface area contributed by atoms with Gasteiger partial charge in [-0.15, -0.1) is 0 Å². The SMILES string of the molecule is COc1ccc(NS(=O)(=O)c2ccc(OCC(=O)Nc3ccc(Cl)c(Cl)c3)c(C)c2)cc1. The van der Waals surface area contributed by atoms with Gasteiger partial charge in [-0.3, -0.25) is 9.52 Å². The van der Waals surface area contributed by atoms with Gasteiger partial charge in [0.25, 0.3) is 15.9 Å². The highest BCUT2D eigenvalue weighted by molar-refractivity contribution is 7.92. The van der Waals surface area contributed by atoms with Gasteiger partial charge in [0.05, 0.1) is 22.1 Å². The molecule has 0 unspecified atom stereocenters. The molecule has 0 saturated carbocycles. The first-order chi connectivity index (χ1) is 15.2.